The minimum Gasteiger partial charge on any atom is -0.493 e. The zero-order chi connectivity index (χ0) is 21.7. The Hall–Kier alpha value is -3.49. The summed E-state index contributed by atoms with van der Waals surface area (Å²) in [5.41, 5.74) is 1.09. The molecule has 0 bridgehead atoms. The van der Waals surface area contributed by atoms with E-state index in [4.69, 9.17) is 4.74 Å². The third-order valence-electron chi connectivity index (χ3n) is 4.54. The Balaban J connectivity index is 1.63. The number of nitrogens with one attached hydrogen (secondary N) is 1. The molecule has 0 aliphatic rings. The number of hydrogen-bond acceptors (Lipinski definition) is 5. The lowest BCUT2D eigenvalue weighted by atomic mass is 10.1. The first-order valence-electron chi connectivity index (χ1n) is 9.22. The molecule has 0 saturated carbocycles. The van der Waals surface area contributed by atoms with Gasteiger partial charge >= 0.3 is 6.61 Å². The van der Waals surface area contributed by atoms with Crippen LogP contribution in [-0.4, -0.2) is 36.0 Å². The highest BCUT2D eigenvalue weighted by molar-refractivity contribution is 5.88. The number of ether oxygens (including phenoxy) is 2. The summed E-state index contributed by atoms with van der Waals surface area (Å²) in [6.07, 6.45) is 0.498. The Labute approximate surface area is 171 Å². The standard InChI is InChI=1S/C21H21F2N3O4/c1-26-20(28)15-6-4-3-5-14(15)16(25-26)12-19(27)24-10-9-13-7-8-17(30-21(22)23)18(11-13)29-2/h3-8,11,21H,9-10,12H2,1-2H3,(H,24,27). The second kappa shape index (κ2) is 9.34. The number of aryl methyl sites for hydroxylation is 1. The quantitative estimate of drug-likeness (QED) is 0.609. The van der Waals surface area contributed by atoms with Crippen LogP contribution >= 0.6 is 0 Å². The summed E-state index contributed by atoms with van der Waals surface area (Å²) in [4.78, 5) is 24.5. The summed E-state index contributed by atoms with van der Waals surface area (Å²) in [5.74, 6) is -0.0937. The van der Waals surface area contributed by atoms with Crippen LogP contribution in [0.15, 0.2) is 47.3 Å². The smallest absolute Gasteiger partial charge is 0.387 e. The molecule has 1 N–H and O–H groups in total. The number of aromatic nitrogens is 2. The SMILES string of the molecule is COc1cc(CCNC(=O)Cc2nn(C)c(=O)c3ccccc23)ccc1OC(F)F. The molecule has 3 rings (SSSR count). The monoisotopic (exact) mass is 417 g/mol. The fourth-order valence-electron chi connectivity index (χ4n) is 3.13. The predicted octanol–water partition coefficient (Wildman–Crippen LogP) is 2.44. The number of fused-ring (bicyclic) bond motifs is 1. The normalized spacial score (nSPS) is 11.0. The second-order valence-corrected chi connectivity index (χ2v) is 6.56. The number of nitrogens with zero attached hydrogens (tertiary/aromatic N) is 2. The van der Waals surface area contributed by atoms with E-state index < -0.39 is 6.61 Å². The van der Waals surface area contributed by atoms with E-state index in [0.29, 0.717) is 29.4 Å². The highest BCUT2D eigenvalue weighted by Crippen LogP contribution is 2.29. The molecule has 0 aliphatic carbocycles. The molecule has 0 radical (unpaired) electrons. The molecule has 0 fully saturated rings. The average molecular weight is 417 g/mol. The molecule has 0 atom stereocenters. The van der Waals surface area contributed by atoms with Gasteiger partial charge in [0.05, 0.1) is 24.6 Å². The number of methoxy groups -OCH3 is 1. The number of hydrogen-bond donors (Lipinski definition) is 1. The van der Waals surface area contributed by atoms with Gasteiger partial charge in [-0.05, 0) is 30.2 Å². The molecule has 1 aromatic heterocycles. The van der Waals surface area contributed by atoms with Crippen molar-refractivity contribution in [3.05, 3.63) is 64.1 Å². The Morgan fingerprint density at radius 3 is 2.60 bits per heavy atom. The van der Waals surface area contributed by atoms with Crippen LogP contribution < -0.4 is 20.3 Å². The molecule has 2 aromatic carbocycles. The molecule has 30 heavy (non-hydrogen) atoms. The summed E-state index contributed by atoms with van der Waals surface area (Å²) in [6.45, 7) is -2.60. The highest BCUT2D eigenvalue weighted by atomic mass is 19.3. The number of benzene rings is 2. The Kier molecular flexibility index (Phi) is 6.61. The van der Waals surface area contributed by atoms with Crippen molar-refractivity contribution in [2.75, 3.05) is 13.7 Å². The van der Waals surface area contributed by atoms with Crippen molar-refractivity contribution in [3.8, 4) is 11.5 Å². The second-order valence-electron chi connectivity index (χ2n) is 6.56. The number of rotatable bonds is 8. The van der Waals surface area contributed by atoms with Crippen molar-refractivity contribution in [1.82, 2.24) is 15.1 Å². The van der Waals surface area contributed by atoms with Crippen molar-refractivity contribution in [3.63, 3.8) is 0 Å². The fraction of sp³-hybridized carbons (Fsp3) is 0.286. The van der Waals surface area contributed by atoms with Gasteiger partial charge in [-0.3, -0.25) is 9.59 Å². The maximum atomic E-state index is 12.4. The van der Waals surface area contributed by atoms with Crippen molar-refractivity contribution in [2.24, 2.45) is 7.05 Å². The van der Waals surface area contributed by atoms with Crippen molar-refractivity contribution in [2.45, 2.75) is 19.5 Å². The maximum Gasteiger partial charge on any atom is 0.387 e. The molecule has 9 heteroatoms. The van der Waals surface area contributed by atoms with E-state index in [1.807, 2.05) is 0 Å². The van der Waals surface area contributed by atoms with E-state index in [2.05, 4.69) is 15.2 Å². The number of carbonyl (C=O) groups excluding carboxylic acids is 1. The maximum absolute atomic E-state index is 12.4. The van der Waals surface area contributed by atoms with E-state index in [0.717, 1.165) is 5.56 Å². The zero-order valence-corrected chi connectivity index (χ0v) is 16.5. The third-order valence-corrected chi connectivity index (χ3v) is 4.54. The molecule has 158 valence electrons. The topological polar surface area (TPSA) is 82.5 Å². The Morgan fingerprint density at radius 1 is 1.17 bits per heavy atom. The van der Waals surface area contributed by atoms with E-state index in [9.17, 15) is 18.4 Å². The van der Waals surface area contributed by atoms with Crippen LogP contribution in [0, 0.1) is 0 Å². The molecule has 0 spiro atoms. The summed E-state index contributed by atoms with van der Waals surface area (Å²) >= 11 is 0. The zero-order valence-electron chi connectivity index (χ0n) is 16.5. The average Bonchev–Trinajstić information content (AvgIpc) is 2.72. The molecule has 1 heterocycles. The van der Waals surface area contributed by atoms with Gasteiger partial charge in [0.15, 0.2) is 11.5 Å². The Morgan fingerprint density at radius 2 is 1.90 bits per heavy atom. The summed E-state index contributed by atoms with van der Waals surface area (Å²) in [5, 5.41) is 8.18. The van der Waals surface area contributed by atoms with Gasteiger partial charge in [0.25, 0.3) is 5.56 Å². The third kappa shape index (κ3) is 4.91. The molecule has 0 unspecified atom stereocenters. The largest absolute Gasteiger partial charge is 0.493 e. The minimum atomic E-state index is -2.94. The lowest BCUT2D eigenvalue weighted by Crippen LogP contribution is -2.29. The van der Waals surface area contributed by atoms with Crippen LogP contribution in [0.2, 0.25) is 0 Å². The minimum absolute atomic E-state index is 0.0269. The summed E-state index contributed by atoms with van der Waals surface area (Å²) < 4.78 is 35.5. The molecule has 1 amide bonds. The van der Waals surface area contributed by atoms with Gasteiger partial charge in [-0.2, -0.15) is 13.9 Å². The Bertz CT molecular complexity index is 1120. The van der Waals surface area contributed by atoms with Crippen LogP contribution in [0.1, 0.15) is 11.3 Å². The van der Waals surface area contributed by atoms with Crippen LogP contribution in [0.25, 0.3) is 10.8 Å². The molecule has 3 aromatic rings. The van der Waals surface area contributed by atoms with E-state index in [-0.39, 0.29) is 29.4 Å². The highest BCUT2D eigenvalue weighted by Gasteiger charge is 2.13. The molecular weight excluding hydrogens is 396 g/mol. The predicted molar refractivity (Wildman–Crippen MR) is 107 cm³/mol. The van der Waals surface area contributed by atoms with Gasteiger partial charge in [-0.1, -0.05) is 24.3 Å². The lowest BCUT2D eigenvalue weighted by Gasteiger charge is -2.12. The van der Waals surface area contributed by atoms with E-state index in [1.165, 1.54) is 17.9 Å². The van der Waals surface area contributed by atoms with Crippen LogP contribution in [0.5, 0.6) is 11.5 Å². The molecule has 0 aliphatic heterocycles. The van der Waals surface area contributed by atoms with E-state index >= 15 is 0 Å². The van der Waals surface area contributed by atoms with Crippen molar-refractivity contribution < 1.29 is 23.0 Å². The van der Waals surface area contributed by atoms with Crippen molar-refractivity contribution >= 4 is 16.7 Å². The van der Waals surface area contributed by atoms with Crippen molar-refractivity contribution in [1.29, 1.82) is 0 Å². The molecule has 0 saturated heterocycles. The number of alkyl halides is 2. The van der Waals surface area contributed by atoms with Crippen LogP contribution in [-0.2, 0) is 24.7 Å². The van der Waals surface area contributed by atoms with Gasteiger partial charge < -0.3 is 14.8 Å². The fourth-order valence-corrected chi connectivity index (χ4v) is 3.13. The van der Waals surface area contributed by atoms with Gasteiger partial charge in [0.1, 0.15) is 0 Å². The van der Waals surface area contributed by atoms with E-state index in [1.54, 1.807) is 43.4 Å². The first-order chi connectivity index (χ1) is 14.4. The first-order valence-corrected chi connectivity index (χ1v) is 9.22. The number of amides is 1. The van der Waals surface area contributed by atoms with Gasteiger partial charge in [0.2, 0.25) is 5.91 Å². The van der Waals surface area contributed by atoms with Gasteiger partial charge in [0, 0.05) is 19.0 Å². The van der Waals surface area contributed by atoms with Crippen LogP contribution in [0.3, 0.4) is 0 Å². The molecule has 7 nitrogen and oxygen atoms in total. The number of halogens is 2. The van der Waals surface area contributed by atoms with Crippen LogP contribution in [0.4, 0.5) is 8.78 Å². The molecular formula is C21H21F2N3O4. The van der Waals surface area contributed by atoms with Gasteiger partial charge in [-0.25, -0.2) is 4.68 Å². The number of carbonyl (C=O) groups is 1. The lowest BCUT2D eigenvalue weighted by molar-refractivity contribution is -0.120. The van der Waals surface area contributed by atoms with Gasteiger partial charge in [-0.15, -0.1) is 0 Å². The summed E-state index contributed by atoms with van der Waals surface area (Å²) in [7, 11) is 2.91. The first kappa shape index (κ1) is 21.2. The summed E-state index contributed by atoms with van der Waals surface area (Å²) in [6, 6.07) is 11.7.